The van der Waals surface area contributed by atoms with Crippen molar-refractivity contribution in [1.29, 1.82) is 0 Å². The second-order valence-corrected chi connectivity index (χ2v) is 4.95. The van der Waals surface area contributed by atoms with Gasteiger partial charge in [0.2, 0.25) is 16.3 Å². The molecule has 0 radical (unpaired) electrons. The van der Waals surface area contributed by atoms with Gasteiger partial charge in [0.05, 0.1) is 5.70 Å². The molecule has 0 unspecified atom stereocenters. The minimum Gasteiger partial charge on any atom is -0.323 e. The van der Waals surface area contributed by atoms with Crippen molar-refractivity contribution in [2.75, 3.05) is 6.54 Å². The van der Waals surface area contributed by atoms with Gasteiger partial charge in [0.1, 0.15) is 10.6 Å². The molecule has 0 aromatic carbocycles. The topological polar surface area (TPSA) is 70.9 Å². The van der Waals surface area contributed by atoms with Crippen LogP contribution in [0.15, 0.2) is 33.9 Å². The smallest absolute Gasteiger partial charge is 0.223 e. The molecular weight excluding hydrogens is 250 g/mol. The van der Waals surface area contributed by atoms with Crippen LogP contribution in [0, 0.1) is 0 Å². The third-order valence-corrected chi connectivity index (χ3v) is 3.35. The number of guanidine groups is 1. The van der Waals surface area contributed by atoms with E-state index in [0.717, 1.165) is 19.3 Å². The van der Waals surface area contributed by atoms with Gasteiger partial charge in [-0.1, -0.05) is 25.8 Å². The molecule has 0 bridgehead atoms. The Morgan fingerprint density at radius 1 is 1.39 bits per heavy atom. The number of nitrogens with one attached hydrogen (secondary N) is 1. The fourth-order valence-corrected chi connectivity index (χ4v) is 2.25. The van der Waals surface area contributed by atoms with E-state index in [9.17, 15) is 8.42 Å². The Morgan fingerprint density at radius 2 is 2.22 bits per heavy atom. The summed E-state index contributed by atoms with van der Waals surface area (Å²) >= 11 is 0. The minimum absolute atomic E-state index is 0.207. The van der Waals surface area contributed by atoms with E-state index in [1.54, 1.807) is 12.2 Å². The summed E-state index contributed by atoms with van der Waals surface area (Å²) < 4.78 is 22.1. The van der Waals surface area contributed by atoms with Crippen LogP contribution in [0.4, 0.5) is 0 Å². The first-order valence-electron chi connectivity index (χ1n) is 5.98. The molecule has 0 amide bonds. The van der Waals surface area contributed by atoms with E-state index >= 15 is 0 Å². The third-order valence-electron chi connectivity index (χ3n) is 2.67. The average Bonchev–Trinajstić information content (AvgIpc) is 2.76. The number of hydrogen-bond donors (Lipinski definition) is 1. The van der Waals surface area contributed by atoms with Crippen LogP contribution in [0.3, 0.4) is 0 Å². The molecule has 96 valence electrons. The molecule has 0 aromatic heterocycles. The number of rotatable bonds is 4. The van der Waals surface area contributed by atoms with Gasteiger partial charge >= 0.3 is 0 Å². The molecule has 1 aliphatic carbocycles. The molecule has 0 atom stereocenters. The lowest BCUT2D eigenvalue weighted by Crippen LogP contribution is -2.22. The van der Waals surface area contributed by atoms with Gasteiger partial charge in [-0.05, 0) is 18.6 Å². The van der Waals surface area contributed by atoms with Gasteiger partial charge in [-0.2, -0.15) is 8.42 Å². The highest BCUT2D eigenvalue weighted by Crippen LogP contribution is 2.11. The van der Waals surface area contributed by atoms with Gasteiger partial charge in [-0.3, -0.25) is 4.99 Å². The normalized spacial score (nSPS) is 19.4. The maximum Gasteiger partial charge on any atom is 0.223 e. The molecule has 0 saturated carbocycles. The van der Waals surface area contributed by atoms with E-state index < -0.39 is 10.3 Å². The van der Waals surface area contributed by atoms with Gasteiger partial charge in [-0.15, -0.1) is 0 Å². The predicted molar refractivity (Wildman–Crippen MR) is 73.5 cm³/mol. The average molecular weight is 265 g/mol. The van der Waals surface area contributed by atoms with E-state index in [4.69, 9.17) is 0 Å². The molecule has 0 saturated heterocycles. The van der Waals surface area contributed by atoms with Crippen LogP contribution in [0.25, 0.3) is 0 Å². The fourth-order valence-electron chi connectivity index (χ4n) is 1.75. The number of aliphatic imine (C=N–C) groups is 2. The third kappa shape index (κ3) is 2.76. The molecule has 2 rings (SSSR count). The number of allylic oxidation sites excluding steroid dienone is 4. The molecule has 0 aromatic rings. The highest BCUT2D eigenvalue weighted by molar-refractivity contribution is 7.75. The monoisotopic (exact) mass is 265 g/mol. The second-order valence-electron chi connectivity index (χ2n) is 4.04. The van der Waals surface area contributed by atoms with Crippen LogP contribution in [-0.2, 0) is 10.3 Å². The Labute approximate surface area is 108 Å². The zero-order valence-electron chi connectivity index (χ0n) is 10.2. The maximum atomic E-state index is 11.0. The molecule has 6 heteroatoms. The lowest BCUT2D eigenvalue weighted by atomic mass is 10.1. The van der Waals surface area contributed by atoms with E-state index in [-0.39, 0.29) is 4.86 Å². The van der Waals surface area contributed by atoms with Crippen LogP contribution in [0.2, 0.25) is 0 Å². The molecular formula is C12H15N3O2S. The Morgan fingerprint density at radius 3 is 2.94 bits per heavy atom. The molecule has 0 spiro atoms. The first-order valence-corrected chi connectivity index (χ1v) is 7.05. The summed E-state index contributed by atoms with van der Waals surface area (Å²) in [5.41, 5.74) is 1.16. The Balaban J connectivity index is 2.16. The standard InChI is InChI=1S/C12H15N3O2S/c1-2-3-4-8-13-12-14-9-6-5-7-10(18(16)17)11(9)15-12/h5-7H,2-4,8H2,1H3,(H,13,14). The summed E-state index contributed by atoms with van der Waals surface area (Å²) in [5.74, 6) is 0.499. The largest absolute Gasteiger partial charge is 0.323 e. The molecule has 5 nitrogen and oxygen atoms in total. The van der Waals surface area contributed by atoms with Crippen LogP contribution in [0.5, 0.6) is 0 Å². The summed E-state index contributed by atoms with van der Waals surface area (Å²) in [7, 11) is -2.27. The quantitative estimate of drug-likeness (QED) is 0.611. The number of nitrogens with zero attached hydrogens (tertiary/aromatic N) is 2. The first-order chi connectivity index (χ1) is 8.72. The first kappa shape index (κ1) is 12.8. The Bertz CT molecular complexity index is 587. The molecule has 2 aliphatic rings. The summed E-state index contributed by atoms with van der Waals surface area (Å²) in [4.78, 5) is 8.74. The highest BCUT2D eigenvalue weighted by Gasteiger charge is 2.23. The van der Waals surface area contributed by atoms with Gasteiger partial charge in [0, 0.05) is 6.54 Å². The molecule has 18 heavy (non-hydrogen) atoms. The van der Waals surface area contributed by atoms with Crippen LogP contribution >= 0.6 is 0 Å². The van der Waals surface area contributed by atoms with E-state index in [1.807, 2.05) is 0 Å². The van der Waals surface area contributed by atoms with E-state index in [0.29, 0.717) is 23.9 Å². The number of unbranched alkanes of at least 4 members (excludes halogenated alkanes) is 2. The fraction of sp³-hybridized carbons (Fsp3) is 0.417. The van der Waals surface area contributed by atoms with Crippen molar-refractivity contribution in [3.05, 3.63) is 23.9 Å². The van der Waals surface area contributed by atoms with Crippen LogP contribution in [0.1, 0.15) is 26.2 Å². The number of hydrogen-bond acceptors (Lipinski definition) is 3. The van der Waals surface area contributed by atoms with Crippen LogP contribution in [-0.4, -0.2) is 31.5 Å². The van der Waals surface area contributed by atoms with Crippen molar-refractivity contribution in [2.45, 2.75) is 26.2 Å². The zero-order valence-corrected chi connectivity index (χ0v) is 11.0. The summed E-state index contributed by atoms with van der Waals surface area (Å²) in [6.45, 7) is 2.85. The van der Waals surface area contributed by atoms with Crippen molar-refractivity contribution in [2.24, 2.45) is 9.98 Å². The molecule has 1 aliphatic heterocycles. The van der Waals surface area contributed by atoms with Crippen LogP contribution < -0.4 is 5.32 Å². The summed E-state index contributed by atoms with van der Waals surface area (Å²) in [6, 6.07) is 0. The Hall–Kier alpha value is -1.69. The molecule has 0 fully saturated rings. The minimum atomic E-state index is -2.27. The molecule has 1 N–H and O–H groups in total. The second kappa shape index (κ2) is 5.77. The summed E-state index contributed by atoms with van der Waals surface area (Å²) in [5, 5.41) is 3.02. The van der Waals surface area contributed by atoms with E-state index in [1.165, 1.54) is 6.08 Å². The highest BCUT2D eigenvalue weighted by atomic mass is 32.2. The van der Waals surface area contributed by atoms with Gasteiger partial charge in [0.15, 0.2) is 0 Å². The summed E-state index contributed by atoms with van der Waals surface area (Å²) in [6.07, 6.45) is 8.33. The SMILES string of the molecule is CCCCCN=C1N=C2C(=CC=CC2=S(=O)=O)N1. The van der Waals surface area contributed by atoms with Crippen molar-refractivity contribution in [3.63, 3.8) is 0 Å². The van der Waals surface area contributed by atoms with Gasteiger partial charge in [-0.25, -0.2) is 4.99 Å². The predicted octanol–water partition coefficient (Wildman–Crippen LogP) is 1.08. The lowest BCUT2D eigenvalue weighted by molar-refractivity contribution is 0.627. The lowest BCUT2D eigenvalue weighted by Gasteiger charge is -2.03. The van der Waals surface area contributed by atoms with Crippen molar-refractivity contribution < 1.29 is 8.42 Å². The van der Waals surface area contributed by atoms with Gasteiger partial charge < -0.3 is 5.32 Å². The zero-order chi connectivity index (χ0) is 13.0. The number of fused-ring (bicyclic) bond motifs is 1. The van der Waals surface area contributed by atoms with Gasteiger partial charge in [0.25, 0.3) is 0 Å². The van der Waals surface area contributed by atoms with Crippen molar-refractivity contribution >= 4 is 26.8 Å². The van der Waals surface area contributed by atoms with Crippen molar-refractivity contribution in [3.8, 4) is 0 Å². The maximum absolute atomic E-state index is 11.0. The van der Waals surface area contributed by atoms with Crippen molar-refractivity contribution in [1.82, 2.24) is 5.32 Å². The molecule has 1 heterocycles. The van der Waals surface area contributed by atoms with E-state index in [2.05, 4.69) is 22.2 Å². The Kier molecular flexibility index (Phi) is 4.09.